The van der Waals surface area contributed by atoms with Gasteiger partial charge in [0, 0.05) is 19.8 Å². The summed E-state index contributed by atoms with van der Waals surface area (Å²) in [7, 11) is 1.87. The quantitative estimate of drug-likeness (QED) is 0.876. The van der Waals surface area contributed by atoms with Crippen LogP contribution in [0.3, 0.4) is 0 Å². The summed E-state index contributed by atoms with van der Waals surface area (Å²) in [6.45, 7) is 2.27. The van der Waals surface area contributed by atoms with Crippen LogP contribution in [0, 0.1) is 0 Å². The van der Waals surface area contributed by atoms with Gasteiger partial charge in [0.15, 0.2) is 0 Å². The van der Waals surface area contributed by atoms with E-state index in [-0.39, 0.29) is 18.3 Å². The smallest absolute Gasteiger partial charge is 0.244 e. The molecule has 0 aliphatic carbocycles. The summed E-state index contributed by atoms with van der Waals surface area (Å²) in [4.78, 5) is 12.2. The van der Waals surface area contributed by atoms with Gasteiger partial charge in [-0.3, -0.25) is 9.48 Å². The maximum Gasteiger partial charge on any atom is 0.244 e. The third kappa shape index (κ3) is 4.31. The van der Waals surface area contributed by atoms with Crippen LogP contribution in [0.1, 0.15) is 18.1 Å². The normalized spacial score (nSPS) is 13.1. The Morgan fingerprint density at radius 3 is 2.62 bits per heavy atom. The predicted octanol–water partition coefficient (Wildman–Crippen LogP) is 1.37. The summed E-state index contributed by atoms with van der Waals surface area (Å²) >= 11 is 0. The third-order valence-corrected chi connectivity index (χ3v) is 3.30. The van der Waals surface area contributed by atoms with Gasteiger partial charge in [0.2, 0.25) is 5.91 Å². The van der Waals surface area contributed by atoms with Crippen molar-refractivity contribution in [2.75, 3.05) is 6.54 Å². The zero-order valence-electron chi connectivity index (χ0n) is 12.2. The standard InChI is InChI=1S/C15H20N4O.ClH/c1-15(16,13-6-4-3-5-7-13)14(20)17-9-8-12-10-18-19(2)11-12;/h3-7,10-11H,8-9,16H2,1-2H3,(H,17,20);1H. The monoisotopic (exact) mass is 308 g/mol. The number of amides is 1. The number of hydrogen-bond acceptors (Lipinski definition) is 3. The highest BCUT2D eigenvalue weighted by Crippen LogP contribution is 2.17. The summed E-state index contributed by atoms with van der Waals surface area (Å²) in [6, 6.07) is 9.38. The fourth-order valence-electron chi connectivity index (χ4n) is 2.02. The number of halogens is 1. The Hall–Kier alpha value is -1.85. The average Bonchev–Trinajstić information content (AvgIpc) is 2.85. The molecular weight excluding hydrogens is 288 g/mol. The Balaban J connectivity index is 0.00000220. The lowest BCUT2D eigenvalue weighted by Crippen LogP contribution is -2.49. The van der Waals surface area contributed by atoms with E-state index in [0.29, 0.717) is 6.54 Å². The van der Waals surface area contributed by atoms with Crippen LogP contribution >= 0.6 is 12.4 Å². The molecule has 0 saturated carbocycles. The van der Waals surface area contributed by atoms with Crippen molar-refractivity contribution in [3.63, 3.8) is 0 Å². The number of nitrogens with zero attached hydrogens (tertiary/aromatic N) is 2. The first-order valence-corrected chi connectivity index (χ1v) is 6.60. The molecule has 2 aromatic rings. The van der Waals surface area contributed by atoms with Gasteiger partial charge < -0.3 is 11.1 Å². The van der Waals surface area contributed by atoms with E-state index in [0.717, 1.165) is 17.5 Å². The first-order valence-electron chi connectivity index (χ1n) is 6.60. The highest BCUT2D eigenvalue weighted by atomic mass is 35.5. The van der Waals surface area contributed by atoms with E-state index in [9.17, 15) is 4.79 Å². The summed E-state index contributed by atoms with van der Waals surface area (Å²) in [6.07, 6.45) is 4.47. The SMILES string of the molecule is Cl.Cn1cc(CCNC(=O)C(C)(N)c2ccccc2)cn1. The molecule has 21 heavy (non-hydrogen) atoms. The molecule has 114 valence electrons. The second kappa shape index (κ2) is 7.24. The fourth-order valence-corrected chi connectivity index (χ4v) is 2.02. The van der Waals surface area contributed by atoms with Crippen LogP contribution < -0.4 is 11.1 Å². The third-order valence-electron chi connectivity index (χ3n) is 3.30. The second-order valence-corrected chi connectivity index (χ2v) is 5.10. The molecule has 1 heterocycles. The molecule has 5 nitrogen and oxygen atoms in total. The van der Waals surface area contributed by atoms with Crippen LogP contribution in [0.5, 0.6) is 0 Å². The number of aryl methyl sites for hydroxylation is 1. The highest BCUT2D eigenvalue weighted by molar-refractivity contribution is 5.87. The molecule has 1 aromatic heterocycles. The lowest BCUT2D eigenvalue weighted by Gasteiger charge is -2.24. The van der Waals surface area contributed by atoms with E-state index >= 15 is 0 Å². The molecular formula is C15H21ClN4O. The molecule has 1 unspecified atom stereocenters. The lowest BCUT2D eigenvalue weighted by atomic mass is 9.92. The maximum absolute atomic E-state index is 12.2. The van der Waals surface area contributed by atoms with Crippen molar-refractivity contribution in [3.05, 3.63) is 53.9 Å². The number of carbonyl (C=O) groups is 1. The van der Waals surface area contributed by atoms with Crippen molar-refractivity contribution in [2.45, 2.75) is 18.9 Å². The van der Waals surface area contributed by atoms with E-state index in [1.54, 1.807) is 17.8 Å². The van der Waals surface area contributed by atoms with E-state index in [2.05, 4.69) is 10.4 Å². The molecule has 2 rings (SSSR count). The molecule has 1 atom stereocenters. The molecule has 1 amide bonds. The minimum absolute atomic E-state index is 0. The summed E-state index contributed by atoms with van der Waals surface area (Å²) in [5.41, 5.74) is 7.01. The van der Waals surface area contributed by atoms with Crippen molar-refractivity contribution in [1.82, 2.24) is 15.1 Å². The van der Waals surface area contributed by atoms with Gasteiger partial charge in [0.25, 0.3) is 0 Å². The van der Waals surface area contributed by atoms with E-state index in [4.69, 9.17) is 5.73 Å². The number of hydrogen-bond donors (Lipinski definition) is 2. The van der Waals surface area contributed by atoms with Crippen molar-refractivity contribution in [3.8, 4) is 0 Å². The Kier molecular flexibility index (Phi) is 5.93. The van der Waals surface area contributed by atoms with Crippen molar-refractivity contribution in [2.24, 2.45) is 12.8 Å². The minimum atomic E-state index is -1.02. The molecule has 0 spiro atoms. The Labute approximate surface area is 130 Å². The number of carbonyl (C=O) groups excluding carboxylic acids is 1. The minimum Gasteiger partial charge on any atom is -0.354 e. The maximum atomic E-state index is 12.2. The Bertz CT molecular complexity index is 580. The number of aromatic nitrogens is 2. The molecule has 3 N–H and O–H groups in total. The molecule has 1 aromatic carbocycles. The molecule has 0 radical (unpaired) electrons. The van der Waals surface area contributed by atoms with Gasteiger partial charge >= 0.3 is 0 Å². The molecule has 0 saturated heterocycles. The zero-order chi connectivity index (χ0) is 14.6. The molecule has 0 aliphatic heterocycles. The van der Waals surface area contributed by atoms with Crippen LogP contribution in [-0.4, -0.2) is 22.2 Å². The van der Waals surface area contributed by atoms with E-state index < -0.39 is 5.54 Å². The van der Waals surface area contributed by atoms with Crippen molar-refractivity contribution >= 4 is 18.3 Å². The molecule has 6 heteroatoms. The molecule has 0 aliphatic rings. The largest absolute Gasteiger partial charge is 0.354 e. The van der Waals surface area contributed by atoms with Crippen LogP contribution in [0.25, 0.3) is 0 Å². The number of benzene rings is 1. The summed E-state index contributed by atoms with van der Waals surface area (Å²) in [5.74, 6) is -0.174. The van der Waals surface area contributed by atoms with Gasteiger partial charge in [-0.25, -0.2) is 0 Å². The van der Waals surface area contributed by atoms with Gasteiger partial charge in [0.1, 0.15) is 5.54 Å². The molecule has 0 fully saturated rings. The first-order chi connectivity index (χ1) is 9.50. The van der Waals surface area contributed by atoms with Crippen molar-refractivity contribution < 1.29 is 4.79 Å². The van der Waals surface area contributed by atoms with E-state index in [1.807, 2.05) is 43.6 Å². The first kappa shape index (κ1) is 17.2. The highest BCUT2D eigenvalue weighted by Gasteiger charge is 2.29. The lowest BCUT2D eigenvalue weighted by molar-refractivity contribution is -0.126. The Morgan fingerprint density at radius 1 is 1.38 bits per heavy atom. The van der Waals surface area contributed by atoms with Crippen LogP contribution in [0.2, 0.25) is 0 Å². The number of nitrogens with one attached hydrogen (secondary N) is 1. The zero-order valence-corrected chi connectivity index (χ0v) is 13.1. The summed E-state index contributed by atoms with van der Waals surface area (Å²) in [5, 5.41) is 6.97. The van der Waals surface area contributed by atoms with Crippen LogP contribution in [0.4, 0.5) is 0 Å². The topological polar surface area (TPSA) is 72.9 Å². The van der Waals surface area contributed by atoms with Gasteiger partial charge in [-0.15, -0.1) is 12.4 Å². The van der Waals surface area contributed by atoms with Gasteiger partial charge in [-0.2, -0.15) is 5.10 Å². The van der Waals surface area contributed by atoms with Crippen LogP contribution in [-0.2, 0) is 23.8 Å². The number of nitrogens with two attached hydrogens (primary N) is 1. The van der Waals surface area contributed by atoms with Crippen molar-refractivity contribution in [1.29, 1.82) is 0 Å². The van der Waals surface area contributed by atoms with Crippen LogP contribution in [0.15, 0.2) is 42.7 Å². The van der Waals surface area contributed by atoms with Gasteiger partial charge in [0.05, 0.1) is 6.20 Å². The fraction of sp³-hybridized carbons (Fsp3) is 0.333. The summed E-state index contributed by atoms with van der Waals surface area (Å²) < 4.78 is 1.74. The number of rotatable bonds is 5. The molecule has 0 bridgehead atoms. The Morgan fingerprint density at radius 2 is 2.05 bits per heavy atom. The predicted molar refractivity (Wildman–Crippen MR) is 85.2 cm³/mol. The van der Waals surface area contributed by atoms with Gasteiger partial charge in [-0.1, -0.05) is 30.3 Å². The van der Waals surface area contributed by atoms with Gasteiger partial charge in [-0.05, 0) is 24.5 Å². The second-order valence-electron chi connectivity index (χ2n) is 5.10. The van der Waals surface area contributed by atoms with E-state index in [1.165, 1.54) is 0 Å². The average molecular weight is 309 g/mol.